The van der Waals surface area contributed by atoms with Gasteiger partial charge in [-0.15, -0.1) is 0 Å². The molecule has 1 aliphatic heterocycles. The van der Waals surface area contributed by atoms with Crippen LogP contribution in [-0.4, -0.2) is 51.4 Å². The Morgan fingerprint density at radius 2 is 1.94 bits per heavy atom. The molecule has 0 aromatic heterocycles. The van der Waals surface area contributed by atoms with E-state index in [1.165, 1.54) is 25.7 Å². The molecule has 0 saturated carbocycles. The van der Waals surface area contributed by atoms with E-state index >= 15 is 0 Å². The van der Waals surface area contributed by atoms with Gasteiger partial charge in [0, 0.05) is 0 Å². The molecular formula is C24H32N2O6S2. The Bertz CT molecular complexity index is 949. The van der Waals surface area contributed by atoms with Crippen molar-refractivity contribution >= 4 is 52.2 Å². The SMILES string of the molecule is CCCCCCC[C@@H](C)Oc1ccc(/C=C2/SC(=S)N([C@H](CC(N)=O)C(=O)O)C2=O)cc1OC. The number of carbonyl (C=O) groups is 3. The molecule has 3 N–H and O–H groups in total. The highest BCUT2D eigenvalue weighted by Crippen LogP contribution is 2.36. The van der Waals surface area contributed by atoms with Crippen molar-refractivity contribution in [2.75, 3.05) is 7.11 Å². The van der Waals surface area contributed by atoms with Gasteiger partial charge in [-0.3, -0.25) is 14.5 Å². The van der Waals surface area contributed by atoms with Crippen molar-refractivity contribution in [3.8, 4) is 11.5 Å². The topological polar surface area (TPSA) is 119 Å². The Kier molecular flexibility index (Phi) is 10.8. The van der Waals surface area contributed by atoms with Crippen LogP contribution in [0.2, 0.25) is 0 Å². The van der Waals surface area contributed by atoms with E-state index in [4.69, 9.17) is 27.4 Å². The first-order valence-corrected chi connectivity index (χ1v) is 12.5. The average molecular weight is 509 g/mol. The van der Waals surface area contributed by atoms with E-state index in [0.29, 0.717) is 17.1 Å². The average Bonchev–Trinajstić information content (AvgIpc) is 3.05. The van der Waals surface area contributed by atoms with Crippen LogP contribution in [0.15, 0.2) is 23.1 Å². The van der Waals surface area contributed by atoms with Gasteiger partial charge < -0.3 is 20.3 Å². The molecule has 1 aromatic rings. The largest absolute Gasteiger partial charge is 0.493 e. The molecule has 2 amide bonds. The minimum Gasteiger partial charge on any atom is -0.493 e. The highest BCUT2D eigenvalue weighted by atomic mass is 32.2. The van der Waals surface area contributed by atoms with E-state index in [-0.39, 0.29) is 15.3 Å². The number of hydrogen-bond donors (Lipinski definition) is 2. The zero-order chi connectivity index (χ0) is 25.3. The van der Waals surface area contributed by atoms with Gasteiger partial charge in [-0.25, -0.2) is 4.79 Å². The van der Waals surface area contributed by atoms with Gasteiger partial charge >= 0.3 is 5.97 Å². The van der Waals surface area contributed by atoms with Crippen molar-refractivity contribution < 1.29 is 29.0 Å². The Morgan fingerprint density at radius 1 is 1.24 bits per heavy atom. The zero-order valence-electron chi connectivity index (χ0n) is 19.7. The number of carboxylic acids is 1. The van der Waals surface area contributed by atoms with Crippen LogP contribution in [-0.2, 0) is 14.4 Å². The molecule has 2 rings (SSSR count). The maximum atomic E-state index is 12.9. The number of carbonyl (C=O) groups excluding carboxylic acids is 2. The molecule has 1 aromatic carbocycles. The third-order valence-electron chi connectivity index (χ3n) is 5.34. The minimum atomic E-state index is -1.44. The lowest BCUT2D eigenvalue weighted by Gasteiger charge is -2.21. The molecule has 0 aliphatic carbocycles. The van der Waals surface area contributed by atoms with Crippen LogP contribution in [0.25, 0.3) is 6.08 Å². The Hall–Kier alpha value is -2.59. The Morgan fingerprint density at radius 3 is 2.56 bits per heavy atom. The number of benzene rings is 1. The predicted molar refractivity (Wildman–Crippen MR) is 137 cm³/mol. The maximum Gasteiger partial charge on any atom is 0.327 e. The molecule has 1 aliphatic rings. The lowest BCUT2D eigenvalue weighted by atomic mass is 10.1. The van der Waals surface area contributed by atoms with Gasteiger partial charge in [-0.2, -0.15) is 0 Å². The van der Waals surface area contributed by atoms with Crippen molar-refractivity contribution in [3.63, 3.8) is 0 Å². The summed E-state index contributed by atoms with van der Waals surface area (Å²) < 4.78 is 11.6. The summed E-state index contributed by atoms with van der Waals surface area (Å²) >= 11 is 6.17. The van der Waals surface area contributed by atoms with Crippen LogP contribution in [0, 0.1) is 0 Å². The number of methoxy groups -OCH3 is 1. The highest BCUT2D eigenvalue weighted by molar-refractivity contribution is 8.26. The van der Waals surface area contributed by atoms with E-state index in [0.717, 1.165) is 29.5 Å². The second kappa shape index (κ2) is 13.3. The number of amides is 2. The number of rotatable bonds is 14. The van der Waals surface area contributed by atoms with E-state index in [9.17, 15) is 19.5 Å². The van der Waals surface area contributed by atoms with Gasteiger partial charge in [-0.1, -0.05) is 62.7 Å². The van der Waals surface area contributed by atoms with Crippen molar-refractivity contribution in [1.29, 1.82) is 0 Å². The molecule has 8 nitrogen and oxygen atoms in total. The minimum absolute atomic E-state index is 0.0378. The Labute approximate surface area is 209 Å². The van der Waals surface area contributed by atoms with Gasteiger partial charge in [0.1, 0.15) is 10.4 Å². The van der Waals surface area contributed by atoms with Crippen molar-refractivity contribution in [1.82, 2.24) is 4.90 Å². The molecule has 0 radical (unpaired) electrons. The van der Waals surface area contributed by atoms with Crippen molar-refractivity contribution in [3.05, 3.63) is 28.7 Å². The van der Waals surface area contributed by atoms with Gasteiger partial charge in [-0.05, 0) is 43.5 Å². The number of primary amides is 1. The molecule has 0 spiro atoms. The molecule has 34 heavy (non-hydrogen) atoms. The summed E-state index contributed by atoms with van der Waals surface area (Å²) in [6, 6.07) is 3.88. The fourth-order valence-corrected chi connectivity index (χ4v) is 4.92. The van der Waals surface area contributed by atoms with Crippen LogP contribution in [0.3, 0.4) is 0 Å². The summed E-state index contributed by atoms with van der Waals surface area (Å²) in [5.74, 6) is -1.63. The second-order valence-corrected chi connectivity index (χ2v) is 9.79. The highest BCUT2D eigenvalue weighted by Gasteiger charge is 2.41. The van der Waals surface area contributed by atoms with Crippen LogP contribution >= 0.6 is 24.0 Å². The maximum absolute atomic E-state index is 12.9. The van der Waals surface area contributed by atoms with E-state index < -0.39 is 30.2 Å². The summed E-state index contributed by atoms with van der Waals surface area (Å²) in [4.78, 5) is 36.9. The van der Waals surface area contributed by atoms with E-state index in [1.54, 1.807) is 31.4 Å². The van der Waals surface area contributed by atoms with Gasteiger partial charge in [0.2, 0.25) is 5.91 Å². The molecular weight excluding hydrogens is 476 g/mol. The summed E-state index contributed by atoms with van der Waals surface area (Å²) in [6.07, 6.45) is 8.08. The number of thioether (sulfide) groups is 1. The summed E-state index contributed by atoms with van der Waals surface area (Å²) in [5, 5.41) is 9.44. The fraction of sp³-hybridized carbons (Fsp3) is 0.500. The molecule has 1 saturated heterocycles. The molecule has 1 heterocycles. The lowest BCUT2D eigenvalue weighted by Crippen LogP contribution is -2.46. The molecule has 1 fully saturated rings. The number of carboxylic acid groups (broad SMARTS) is 1. The van der Waals surface area contributed by atoms with Crippen molar-refractivity contribution in [2.24, 2.45) is 5.73 Å². The number of hydrogen-bond acceptors (Lipinski definition) is 7. The second-order valence-electron chi connectivity index (χ2n) is 8.12. The van der Waals surface area contributed by atoms with Crippen molar-refractivity contribution in [2.45, 2.75) is 70.9 Å². The normalized spacial score (nSPS) is 16.6. The zero-order valence-corrected chi connectivity index (χ0v) is 21.4. The molecule has 2 atom stereocenters. The van der Waals surface area contributed by atoms with E-state index in [2.05, 4.69) is 6.92 Å². The third-order valence-corrected chi connectivity index (χ3v) is 6.67. The number of aliphatic carboxylic acids is 1. The van der Waals surface area contributed by atoms with Gasteiger partial charge in [0.05, 0.1) is 24.5 Å². The number of unbranched alkanes of at least 4 members (excludes halogenated alkanes) is 4. The van der Waals surface area contributed by atoms with Crippen LogP contribution in [0.1, 0.15) is 64.4 Å². The molecule has 186 valence electrons. The summed E-state index contributed by atoms with van der Waals surface area (Å²) in [6.45, 7) is 4.23. The molecule has 10 heteroatoms. The van der Waals surface area contributed by atoms with Gasteiger partial charge in [0.25, 0.3) is 5.91 Å². The first-order valence-electron chi connectivity index (χ1n) is 11.3. The van der Waals surface area contributed by atoms with Crippen LogP contribution in [0.5, 0.6) is 11.5 Å². The van der Waals surface area contributed by atoms with Crippen LogP contribution in [0.4, 0.5) is 0 Å². The number of nitrogens with two attached hydrogens (primary N) is 1. The van der Waals surface area contributed by atoms with Crippen LogP contribution < -0.4 is 15.2 Å². The number of ether oxygens (including phenoxy) is 2. The first kappa shape index (κ1) is 27.7. The smallest absolute Gasteiger partial charge is 0.327 e. The quantitative estimate of drug-likeness (QED) is 0.216. The standard InChI is InChI=1S/C24H32N2O6S2/c1-4-5-6-7-8-9-15(2)32-18-11-10-16(12-19(18)31-3)13-20-22(28)26(24(33)34-20)17(23(29)30)14-21(25)27/h10-13,15,17H,4-9,14H2,1-3H3,(H2,25,27)(H,29,30)/b20-13+/t15-,17-/m1/s1. The monoisotopic (exact) mass is 508 g/mol. The lowest BCUT2D eigenvalue weighted by molar-refractivity contribution is -0.146. The summed E-state index contributed by atoms with van der Waals surface area (Å²) in [5.41, 5.74) is 5.81. The predicted octanol–water partition coefficient (Wildman–Crippen LogP) is 4.35. The summed E-state index contributed by atoms with van der Waals surface area (Å²) in [7, 11) is 1.54. The third kappa shape index (κ3) is 7.73. The Balaban J connectivity index is 2.12. The van der Waals surface area contributed by atoms with Gasteiger partial charge in [0.15, 0.2) is 11.5 Å². The molecule has 0 bridgehead atoms. The number of thiocarbonyl (C=S) groups is 1. The van der Waals surface area contributed by atoms with E-state index in [1.807, 2.05) is 6.92 Å². The molecule has 0 unspecified atom stereocenters. The fourth-order valence-electron chi connectivity index (χ4n) is 3.56. The first-order chi connectivity index (χ1) is 16.2. The number of nitrogens with zero attached hydrogens (tertiary/aromatic N) is 1.